The number of pyridine rings is 1. The Kier molecular flexibility index (Phi) is 3.78. The summed E-state index contributed by atoms with van der Waals surface area (Å²) in [4.78, 5) is 4.39. The molecule has 1 N–H and O–H groups in total. The normalized spacial score (nSPS) is 12.4. The smallest absolute Gasteiger partial charge is 0.0594 e. The van der Waals surface area contributed by atoms with Crippen LogP contribution in [0.5, 0.6) is 0 Å². The number of benzene rings is 1. The summed E-state index contributed by atoms with van der Waals surface area (Å²) < 4.78 is 0. The lowest BCUT2D eigenvalue weighted by atomic mass is 9.92. The molecule has 2 rings (SSSR count). The number of nitrogens with one attached hydrogen (secondary N) is 1. The second-order valence-corrected chi connectivity index (χ2v) is 4.69. The zero-order chi connectivity index (χ0) is 13.1. The van der Waals surface area contributed by atoms with Gasteiger partial charge in [-0.3, -0.25) is 4.98 Å². The SMILES string of the molecule is CNC(c1cccnc1C)c1cccc(C)c1C. The molecule has 0 aliphatic carbocycles. The van der Waals surface area contributed by atoms with Crippen molar-refractivity contribution >= 4 is 0 Å². The van der Waals surface area contributed by atoms with Crippen LogP contribution in [0.25, 0.3) is 0 Å². The molecular weight excluding hydrogens is 220 g/mol. The summed E-state index contributed by atoms with van der Waals surface area (Å²) in [6, 6.07) is 10.8. The van der Waals surface area contributed by atoms with E-state index in [2.05, 4.69) is 55.3 Å². The third-order valence-electron chi connectivity index (χ3n) is 3.61. The monoisotopic (exact) mass is 240 g/mol. The molecule has 2 aromatic rings. The first-order valence-corrected chi connectivity index (χ1v) is 6.30. The van der Waals surface area contributed by atoms with Crippen LogP contribution < -0.4 is 5.32 Å². The topological polar surface area (TPSA) is 24.9 Å². The first-order valence-electron chi connectivity index (χ1n) is 6.30. The van der Waals surface area contributed by atoms with Crippen LogP contribution in [0, 0.1) is 20.8 Å². The van der Waals surface area contributed by atoms with E-state index in [9.17, 15) is 0 Å². The van der Waals surface area contributed by atoms with Crippen LogP contribution in [0.4, 0.5) is 0 Å². The van der Waals surface area contributed by atoms with Gasteiger partial charge in [0.2, 0.25) is 0 Å². The Labute approximate surface area is 109 Å². The average Bonchev–Trinajstić information content (AvgIpc) is 2.37. The number of nitrogens with zero attached hydrogens (tertiary/aromatic N) is 1. The Hall–Kier alpha value is -1.67. The minimum Gasteiger partial charge on any atom is -0.309 e. The molecule has 0 aliphatic heterocycles. The first kappa shape index (κ1) is 12.8. The lowest BCUT2D eigenvalue weighted by molar-refractivity contribution is 0.678. The average molecular weight is 240 g/mol. The number of hydrogen-bond acceptors (Lipinski definition) is 2. The quantitative estimate of drug-likeness (QED) is 0.890. The van der Waals surface area contributed by atoms with Gasteiger partial charge in [0.1, 0.15) is 0 Å². The summed E-state index contributed by atoms with van der Waals surface area (Å²) >= 11 is 0. The van der Waals surface area contributed by atoms with Gasteiger partial charge < -0.3 is 5.32 Å². The van der Waals surface area contributed by atoms with Gasteiger partial charge in [-0.25, -0.2) is 0 Å². The zero-order valence-corrected chi connectivity index (χ0v) is 11.5. The lowest BCUT2D eigenvalue weighted by Crippen LogP contribution is -2.20. The molecule has 1 heterocycles. The van der Waals surface area contributed by atoms with Gasteiger partial charge in [0, 0.05) is 11.9 Å². The minimum absolute atomic E-state index is 0.207. The highest BCUT2D eigenvalue weighted by Crippen LogP contribution is 2.27. The molecular formula is C16H20N2. The van der Waals surface area contributed by atoms with E-state index < -0.39 is 0 Å². The van der Waals surface area contributed by atoms with Gasteiger partial charge in [-0.1, -0.05) is 24.3 Å². The Morgan fingerprint density at radius 3 is 2.39 bits per heavy atom. The third kappa shape index (κ3) is 2.29. The number of hydrogen-bond donors (Lipinski definition) is 1. The zero-order valence-electron chi connectivity index (χ0n) is 11.5. The Balaban J connectivity index is 2.53. The van der Waals surface area contributed by atoms with E-state index in [1.54, 1.807) is 0 Å². The van der Waals surface area contributed by atoms with Crippen LogP contribution in [-0.2, 0) is 0 Å². The summed E-state index contributed by atoms with van der Waals surface area (Å²) in [6.45, 7) is 6.40. The fourth-order valence-electron chi connectivity index (χ4n) is 2.37. The largest absolute Gasteiger partial charge is 0.309 e. The van der Waals surface area contributed by atoms with Gasteiger partial charge in [0.15, 0.2) is 0 Å². The Bertz CT molecular complexity index is 547. The van der Waals surface area contributed by atoms with E-state index in [0.717, 1.165) is 5.69 Å². The highest BCUT2D eigenvalue weighted by atomic mass is 14.9. The predicted molar refractivity (Wildman–Crippen MR) is 75.8 cm³/mol. The van der Waals surface area contributed by atoms with Gasteiger partial charge in [0.25, 0.3) is 0 Å². The molecule has 0 fully saturated rings. The van der Waals surface area contributed by atoms with E-state index in [0.29, 0.717) is 0 Å². The van der Waals surface area contributed by atoms with Gasteiger partial charge in [-0.05, 0) is 56.1 Å². The minimum atomic E-state index is 0.207. The van der Waals surface area contributed by atoms with Gasteiger partial charge >= 0.3 is 0 Å². The third-order valence-corrected chi connectivity index (χ3v) is 3.61. The molecule has 0 spiro atoms. The summed E-state index contributed by atoms with van der Waals surface area (Å²) in [5, 5.41) is 3.40. The van der Waals surface area contributed by atoms with E-state index in [1.165, 1.54) is 22.3 Å². The van der Waals surface area contributed by atoms with Crippen molar-refractivity contribution in [1.82, 2.24) is 10.3 Å². The molecule has 0 saturated heterocycles. The standard InChI is InChI=1S/C16H20N2/c1-11-7-5-8-14(12(11)2)16(17-4)15-9-6-10-18-13(15)3/h5-10,16-17H,1-4H3. The first-order chi connectivity index (χ1) is 8.65. The van der Waals surface area contributed by atoms with Crippen molar-refractivity contribution in [3.63, 3.8) is 0 Å². The van der Waals surface area contributed by atoms with Crippen molar-refractivity contribution in [2.24, 2.45) is 0 Å². The summed E-state index contributed by atoms with van der Waals surface area (Å²) in [5.41, 5.74) is 6.33. The fourth-order valence-corrected chi connectivity index (χ4v) is 2.37. The molecule has 18 heavy (non-hydrogen) atoms. The molecule has 1 aromatic heterocycles. The highest BCUT2D eigenvalue weighted by molar-refractivity contribution is 5.41. The maximum Gasteiger partial charge on any atom is 0.0594 e. The summed E-state index contributed by atoms with van der Waals surface area (Å²) in [6.07, 6.45) is 1.84. The molecule has 1 atom stereocenters. The fraction of sp³-hybridized carbons (Fsp3) is 0.312. The van der Waals surface area contributed by atoms with E-state index >= 15 is 0 Å². The molecule has 94 valence electrons. The van der Waals surface area contributed by atoms with Crippen molar-refractivity contribution in [1.29, 1.82) is 0 Å². The molecule has 1 aromatic carbocycles. The number of rotatable bonds is 3. The van der Waals surface area contributed by atoms with Crippen LogP contribution in [0.2, 0.25) is 0 Å². The number of aryl methyl sites for hydroxylation is 2. The van der Waals surface area contributed by atoms with Crippen molar-refractivity contribution in [3.8, 4) is 0 Å². The predicted octanol–water partition coefficient (Wildman–Crippen LogP) is 3.32. The molecule has 1 unspecified atom stereocenters. The van der Waals surface area contributed by atoms with Crippen LogP contribution in [-0.4, -0.2) is 12.0 Å². The Morgan fingerprint density at radius 1 is 1.00 bits per heavy atom. The second-order valence-electron chi connectivity index (χ2n) is 4.69. The molecule has 0 saturated carbocycles. The Morgan fingerprint density at radius 2 is 1.72 bits per heavy atom. The highest BCUT2D eigenvalue weighted by Gasteiger charge is 2.16. The van der Waals surface area contributed by atoms with Crippen LogP contribution >= 0.6 is 0 Å². The molecule has 0 amide bonds. The molecule has 0 aliphatic rings. The van der Waals surface area contributed by atoms with Crippen molar-refractivity contribution < 1.29 is 0 Å². The van der Waals surface area contributed by atoms with E-state index in [-0.39, 0.29) is 6.04 Å². The molecule has 0 bridgehead atoms. The van der Waals surface area contributed by atoms with Crippen LogP contribution in [0.1, 0.15) is 34.0 Å². The van der Waals surface area contributed by atoms with Crippen LogP contribution in [0.3, 0.4) is 0 Å². The van der Waals surface area contributed by atoms with Gasteiger partial charge in [-0.2, -0.15) is 0 Å². The van der Waals surface area contributed by atoms with Crippen molar-refractivity contribution in [2.75, 3.05) is 7.05 Å². The van der Waals surface area contributed by atoms with Crippen molar-refractivity contribution in [3.05, 3.63) is 64.5 Å². The van der Waals surface area contributed by atoms with Gasteiger partial charge in [0.05, 0.1) is 6.04 Å². The summed E-state index contributed by atoms with van der Waals surface area (Å²) in [5.74, 6) is 0. The second kappa shape index (κ2) is 5.32. The van der Waals surface area contributed by atoms with Crippen LogP contribution in [0.15, 0.2) is 36.5 Å². The summed E-state index contributed by atoms with van der Waals surface area (Å²) in [7, 11) is 2.00. The molecule has 2 heteroatoms. The maximum absolute atomic E-state index is 4.39. The van der Waals surface area contributed by atoms with Gasteiger partial charge in [-0.15, -0.1) is 0 Å². The molecule has 2 nitrogen and oxygen atoms in total. The lowest BCUT2D eigenvalue weighted by Gasteiger charge is -2.21. The molecule has 0 radical (unpaired) electrons. The van der Waals surface area contributed by atoms with E-state index in [4.69, 9.17) is 0 Å². The van der Waals surface area contributed by atoms with Crippen molar-refractivity contribution in [2.45, 2.75) is 26.8 Å². The maximum atomic E-state index is 4.39. The number of aromatic nitrogens is 1. The van der Waals surface area contributed by atoms with E-state index in [1.807, 2.05) is 19.3 Å².